The van der Waals surface area contributed by atoms with Crippen molar-refractivity contribution in [3.63, 3.8) is 0 Å². The summed E-state index contributed by atoms with van der Waals surface area (Å²) in [6.07, 6.45) is 7.46. The third kappa shape index (κ3) is 3.37. The first kappa shape index (κ1) is 16.8. The number of hydrogen-bond acceptors (Lipinski definition) is 4. The summed E-state index contributed by atoms with van der Waals surface area (Å²) in [4.78, 5) is 29.0. The van der Waals surface area contributed by atoms with Gasteiger partial charge in [-0.3, -0.25) is 9.36 Å². The molecule has 1 N–H and O–H groups in total. The van der Waals surface area contributed by atoms with Gasteiger partial charge in [0.15, 0.2) is 0 Å². The van der Waals surface area contributed by atoms with Gasteiger partial charge in [0.05, 0.1) is 17.3 Å². The third-order valence-electron chi connectivity index (χ3n) is 4.51. The fourth-order valence-corrected chi connectivity index (χ4v) is 3.38. The van der Waals surface area contributed by atoms with E-state index in [1.165, 1.54) is 4.68 Å². The predicted molar refractivity (Wildman–Crippen MR) is 96.1 cm³/mol. The van der Waals surface area contributed by atoms with E-state index in [9.17, 15) is 9.59 Å². The number of aromatic nitrogens is 5. The topological polar surface area (TPSA) is 86.2 Å². The van der Waals surface area contributed by atoms with Crippen molar-refractivity contribution in [2.75, 3.05) is 0 Å². The van der Waals surface area contributed by atoms with Gasteiger partial charge in [0.25, 0.3) is 0 Å². The SMILES string of the molecule is O=C(Cn1nc2n(c1=O)CCCCC2)NCc1cn2cc(Cl)ccc2n1. The minimum Gasteiger partial charge on any atom is -0.349 e. The first-order chi connectivity index (χ1) is 12.6. The Hall–Kier alpha value is -2.61. The molecule has 136 valence electrons. The van der Waals surface area contributed by atoms with Gasteiger partial charge < -0.3 is 9.72 Å². The molecule has 0 bridgehead atoms. The van der Waals surface area contributed by atoms with Gasteiger partial charge in [-0.2, -0.15) is 5.10 Å². The van der Waals surface area contributed by atoms with Crippen molar-refractivity contribution in [2.24, 2.45) is 0 Å². The van der Waals surface area contributed by atoms with E-state index in [1.807, 2.05) is 12.3 Å². The molecule has 4 rings (SSSR count). The lowest BCUT2D eigenvalue weighted by atomic mass is 10.2. The monoisotopic (exact) mass is 374 g/mol. The van der Waals surface area contributed by atoms with Crippen LogP contribution >= 0.6 is 11.6 Å². The van der Waals surface area contributed by atoms with Crippen LogP contribution < -0.4 is 11.0 Å². The van der Waals surface area contributed by atoms with Gasteiger partial charge in [0, 0.05) is 25.4 Å². The molecule has 3 aromatic rings. The van der Waals surface area contributed by atoms with E-state index >= 15 is 0 Å². The third-order valence-corrected chi connectivity index (χ3v) is 4.73. The molecule has 1 amide bonds. The maximum atomic E-state index is 12.4. The number of carbonyl (C=O) groups excluding carboxylic acids is 1. The van der Waals surface area contributed by atoms with Crippen molar-refractivity contribution < 1.29 is 4.79 Å². The molecule has 1 aliphatic heterocycles. The summed E-state index contributed by atoms with van der Waals surface area (Å²) in [5, 5.41) is 7.72. The number of halogens is 1. The number of pyridine rings is 1. The van der Waals surface area contributed by atoms with Crippen LogP contribution in [0.25, 0.3) is 5.65 Å². The summed E-state index contributed by atoms with van der Waals surface area (Å²) in [7, 11) is 0. The summed E-state index contributed by atoms with van der Waals surface area (Å²) < 4.78 is 4.74. The molecule has 4 heterocycles. The number of amides is 1. The standard InChI is InChI=1S/C17H19ClN6O2/c18-12-5-6-14-20-13(10-22(14)9-12)8-19-16(25)11-24-17(26)23-7-3-1-2-4-15(23)21-24/h5-6,9-10H,1-4,7-8,11H2,(H,19,25). The molecule has 0 fully saturated rings. The van der Waals surface area contributed by atoms with Crippen molar-refractivity contribution in [3.05, 3.63) is 51.6 Å². The summed E-state index contributed by atoms with van der Waals surface area (Å²) in [6.45, 7) is 0.873. The second-order valence-electron chi connectivity index (χ2n) is 6.44. The highest BCUT2D eigenvalue weighted by molar-refractivity contribution is 6.30. The highest BCUT2D eigenvalue weighted by Crippen LogP contribution is 2.12. The Bertz CT molecular complexity index is 1020. The largest absolute Gasteiger partial charge is 0.349 e. The van der Waals surface area contributed by atoms with E-state index in [1.54, 1.807) is 21.2 Å². The molecule has 0 aromatic carbocycles. The van der Waals surface area contributed by atoms with Crippen LogP contribution in [0, 0.1) is 0 Å². The maximum Gasteiger partial charge on any atom is 0.346 e. The number of fused-ring (bicyclic) bond motifs is 2. The van der Waals surface area contributed by atoms with Crippen molar-refractivity contribution in [3.8, 4) is 0 Å². The highest BCUT2D eigenvalue weighted by atomic mass is 35.5. The van der Waals surface area contributed by atoms with Crippen LogP contribution in [0.2, 0.25) is 5.02 Å². The van der Waals surface area contributed by atoms with Gasteiger partial charge in [0.2, 0.25) is 5.91 Å². The van der Waals surface area contributed by atoms with E-state index in [4.69, 9.17) is 11.6 Å². The Morgan fingerprint density at radius 1 is 1.23 bits per heavy atom. The summed E-state index contributed by atoms with van der Waals surface area (Å²) in [5.41, 5.74) is 1.26. The summed E-state index contributed by atoms with van der Waals surface area (Å²) >= 11 is 5.95. The van der Waals surface area contributed by atoms with Crippen LogP contribution in [0.1, 0.15) is 30.8 Å². The lowest BCUT2D eigenvalue weighted by Gasteiger charge is -2.02. The fourth-order valence-electron chi connectivity index (χ4n) is 3.21. The van der Waals surface area contributed by atoms with Crippen LogP contribution in [0.3, 0.4) is 0 Å². The molecule has 9 heteroatoms. The number of nitrogens with zero attached hydrogens (tertiary/aromatic N) is 5. The molecule has 3 aromatic heterocycles. The Morgan fingerprint density at radius 2 is 2.12 bits per heavy atom. The minimum atomic E-state index is -0.268. The number of imidazole rings is 1. The highest BCUT2D eigenvalue weighted by Gasteiger charge is 2.17. The normalized spacial score (nSPS) is 14.2. The van der Waals surface area contributed by atoms with Gasteiger partial charge >= 0.3 is 5.69 Å². The number of nitrogens with one attached hydrogen (secondary N) is 1. The first-order valence-corrected chi connectivity index (χ1v) is 9.04. The molecule has 0 atom stereocenters. The number of rotatable bonds is 4. The smallest absolute Gasteiger partial charge is 0.346 e. The van der Waals surface area contributed by atoms with E-state index < -0.39 is 0 Å². The molecule has 0 aliphatic carbocycles. The van der Waals surface area contributed by atoms with Gasteiger partial charge in [0.1, 0.15) is 18.0 Å². The second-order valence-corrected chi connectivity index (χ2v) is 6.88. The lowest BCUT2D eigenvalue weighted by Crippen LogP contribution is -2.33. The van der Waals surface area contributed by atoms with Crippen molar-refractivity contribution in [2.45, 2.75) is 45.3 Å². The number of aryl methyl sites for hydroxylation is 1. The molecule has 0 saturated carbocycles. The van der Waals surface area contributed by atoms with Crippen LogP contribution in [0.4, 0.5) is 0 Å². The molecular weight excluding hydrogens is 356 g/mol. The van der Waals surface area contributed by atoms with Gasteiger partial charge in [-0.1, -0.05) is 18.0 Å². The molecule has 8 nitrogen and oxygen atoms in total. The van der Waals surface area contributed by atoms with Gasteiger partial charge in [-0.25, -0.2) is 14.5 Å². The van der Waals surface area contributed by atoms with Gasteiger partial charge in [-0.15, -0.1) is 0 Å². The zero-order valence-corrected chi connectivity index (χ0v) is 14.9. The Kier molecular flexibility index (Phi) is 4.50. The lowest BCUT2D eigenvalue weighted by molar-refractivity contribution is -0.122. The summed E-state index contributed by atoms with van der Waals surface area (Å²) in [6, 6.07) is 3.58. The average molecular weight is 375 g/mol. The molecule has 0 unspecified atom stereocenters. The zero-order chi connectivity index (χ0) is 18.1. The van der Waals surface area contributed by atoms with Crippen LogP contribution in [0.5, 0.6) is 0 Å². The Balaban J connectivity index is 1.41. The Morgan fingerprint density at radius 3 is 3.00 bits per heavy atom. The fraction of sp³-hybridized carbons (Fsp3) is 0.412. The van der Waals surface area contributed by atoms with E-state index in [0.717, 1.165) is 37.2 Å². The van der Waals surface area contributed by atoms with E-state index in [-0.39, 0.29) is 24.7 Å². The predicted octanol–water partition coefficient (Wildman–Crippen LogP) is 1.39. The van der Waals surface area contributed by atoms with Crippen LogP contribution in [-0.2, 0) is 30.8 Å². The van der Waals surface area contributed by atoms with Gasteiger partial charge in [-0.05, 0) is 25.0 Å². The molecule has 0 radical (unpaired) electrons. The van der Waals surface area contributed by atoms with Crippen molar-refractivity contribution >= 4 is 23.2 Å². The van der Waals surface area contributed by atoms with E-state index in [0.29, 0.717) is 17.3 Å². The molecular formula is C17H19ClN6O2. The molecule has 26 heavy (non-hydrogen) atoms. The van der Waals surface area contributed by atoms with Crippen LogP contribution in [-0.4, -0.2) is 29.6 Å². The molecule has 1 aliphatic rings. The average Bonchev–Trinajstić information content (AvgIpc) is 3.04. The van der Waals surface area contributed by atoms with Crippen LogP contribution in [0.15, 0.2) is 29.3 Å². The van der Waals surface area contributed by atoms with Crippen molar-refractivity contribution in [1.29, 1.82) is 0 Å². The molecule has 0 saturated heterocycles. The minimum absolute atomic E-state index is 0.0853. The molecule has 0 spiro atoms. The number of carbonyl (C=O) groups is 1. The maximum absolute atomic E-state index is 12.4. The second kappa shape index (κ2) is 6.95. The van der Waals surface area contributed by atoms with E-state index in [2.05, 4.69) is 15.4 Å². The zero-order valence-electron chi connectivity index (χ0n) is 14.2. The number of hydrogen-bond donors (Lipinski definition) is 1. The first-order valence-electron chi connectivity index (χ1n) is 8.66. The Labute approximate surface area is 154 Å². The van der Waals surface area contributed by atoms with Crippen molar-refractivity contribution in [1.82, 2.24) is 29.0 Å². The summed E-state index contributed by atoms with van der Waals surface area (Å²) in [5.74, 6) is 0.507. The quantitative estimate of drug-likeness (QED) is 0.747.